The molecule has 1 spiro atoms. The van der Waals surface area contributed by atoms with Gasteiger partial charge in [-0.1, -0.05) is 5.92 Å². The van der Waals surface area contributed by atoms with E-state index in [2.05, 4.69) is 22.1 Å². The summed E-state index contributed by atoms with van der Waals surface area (Å²) in [5.74, 6) is 4.71. The molecular weight excluding hydrogens is 244 g/mol. The summed E-state index contributed by atoms with van der Waals surface area (Å²) in [4.78, 5) is 13.7. The molecule has 0 bridgehead atoms. The van der Waals surface area contributed by atoms with E-state index in [0.29, 0.717) is 19.8 Å². The number of morpholine rings is 1. The van der Waals surface area contributed by atoms with E-state index in [1.165, 1.54) is 6.42 Å². The summed E-state index contributed by atoms with van der Waals surface area (Å²) in [5.41, 5.74) is -0.494. The van der Waals surface area contributed by atoms with Gasteiger partial charge in [-0.2, -0.15) is 0 Å². The Bertz CT molecular complexity index is 409. The number of rotatable bonds is 3. The number of ether oxygens (including phenoxy) is 1. The van der Waals surface area contributed by atoms with Gasteiger partial charge in [0.2, 0.25) is 0 Å². The molecule has 5 nitrogen and oxygen atoms in total. The van der Waals surface area contributed by atoms with Crippen molar-refractivity contribution >= 4 is 5.91 Å². The quantitative estimate of drug-likeness (QED) is 0.691. The van der Waals surface area contributed by atoms with Gasteiger partial charge in [0.1, 0.15) is 0 Å². The summed E-state index contributed by atoms with van der Waals surface area (Å²) in [6.07, 6.45) is 3.38. The van der Waals surface area contributed by atoms with Crippen LogP contribution < -0.4 is 5.32 Å². The van der Waals surface area contributed by atoms with E-state index in [1.54, 1.807) is 6.92 Å². The Morgan fingerprint density at radius 3 is 2.74 bits per heavy atom. The van der Waals surface area contributed by atoms with Crippen LogP contribution in [-0.2, 0) is 9.53 Å². The molecule has 1 heterocycles. The molecule has 1 amide bonds. The van der Waals surface area contributed by atoms with E-state index in [1.807, 2.05) is 7.05 Å². The Morgan fingerprint density at radius 2 is 2.21 bits per heavy atom. The van der Waals surface area contributed by atoms with Gasteiger partial charge in [0, 0.05) is 12.1 Å². The normalized spacial score (nSPS) is 29.2. The Labute approximate surface area is 114 Å². The van der Waals surface area contributed by atoms with Crippen molar-refractivity contribution in [2.24, 2.45) is 0 Å². The number of aliphatic hydroxyl groups excluding tert-OH is 1. The van der Waals surface area contributed by atoms with E-state index in [9.17, 15) is 9.90 Å². The molecule has 2 aliphatic rings. The van der Waals surface area contributed by atoms with Crippen LogP contribution in [0.15, 0.2) is 0 Å². The first kappa shape index (κ1) is 14.3. The molecule has 1 aliphatic heterocycles. The topological polar surface area (TPSA) is 61.8 Å². The Morgan fingerprint density at radius 1 is 1.47 bits per heavy atom. The fourth-order valence-electron chi connectivity index (χ4n) is 2.97. The smallest absolute Gasteiger partial charge is 0.295 e. The van der Waals surface area contributed by atoms with Crippen LogP contribution in [0, 0.1) is 11.8 Å². The lowest BCUT2D eigenvalue weighted by Crippen LogP contribution is -2.73. The highest BCUT2D eigenvalue weighted by atomic mass is 16.5. The van der Waals surface area contributed by atoms with Gasteiger partial charge in [-0.25, -0.2) is 0 Å². The van der Waals surface area contributed by atoms with Crippen molar-refractivity contribution in [3.8, 4) is 11.8 Å². The maximum Gasteiger partial charge on any atom is 0.295 e. The van der Waals surface area contributed by atoms with Crippen molar-refractivity contribution in [3.05, 3.63) is 0 Å². The van der Waals surface area contributed by atoms with Gasteiger partial charge in [-0.3, -0.25) is 9.69 Å². The van der Waals surface area contributed by atoms with Crippen LogP contribution in [-0.4, -0.2) is 60.4 Å². The fraction of sp³-hybridized carbons (Fsp3) is 0.786. The second kappa shape index (κ2) is 5.49. The van der Waals surface area contributed by atoms with E-state index in [-0.39, 0.29) is 18.1 Å². The largest absolute Gasteiger partial charge is 0.394 e. The first-order chi connectivity index (χ1) is 9.08. The Hall–Kier alpha value is -1.09. The second-order valence-corrected chi connectivity index (χ2v) is 5.57. The van der Waals surface area contributed by atoms with Crippen molar-refractivity contribution in [1.82, 2.24) is 10.2 Å². The van der Waals surface area contributed by atoms with E-state index < -0.39 is 5.54 Å². The van der Waals surface area contributed by atoms with Crippen molar-refractivity contribution < 1.29 is 14.6 Å². The van der Waals surface area contributed by atoms with Crippen molar-refractivity contribution in [3.63, 3.8) is 0 Å². The standard InChI is InChI=1S/C14H22N2O3/c1-3-5-12(18)15-8-14(9-17)11-19-10-13(16(14)2)6-4-7-13/h17H,4,6-11H2,1-2H3,(H,15,18). The van der Waals surface area contributed by atoms with Crippen LogP contribution in [0.4, 0.5) is 0 Å². The number of hydrogen-bond donors (Lipinski definition) is 2. The zero-order chi connectivity index (χ0) is 13.9. The minimum Gasteiger partial charge on any atom is -0.394 e. The molecule has 0 aromatic heterocycles. The molecule has 5 heteroatoms. The van der Waals surface area contributed by atoms with Crippen LogP contribution in [0.3, 0.4) is 0 Å². The third-order valence-electron chi connectivity index (χ3n) is 4.56. The minimum atomic E-state index is -0.538. The van der Waals surface area contributed by atoms with Gasteiger partial charge < -0.3 is 15.2 Å². The third kappa shape index (κ3) is 2.48. The molecule has 1 atom stereocenters. The number of nitrogens with zero attached hydrogens (tertiary/aromatic N) is 1. The number of amides is 1. The molecule has 1 aliphatic carbocycles. The molecule has 2 fully saturated rings. The summed E-state index contributed by atoms with van der Waals surface area (Å²) >= 11 is 0. The molecule has 2 N–H and O–H groups in total. The minimum absolute atomic E-state index is 0.0366. The van der Waals surface area contributed by atoms with Crippen LogP contribution >= 0.6 is 0 Å². The van der Waals surface area contributed by atoms with Crippen LogP contribution in [0.5, 0.6) is 0 Å². The zero-order valence-electron chi connectivity index (χ0n) is 11.7. The Kier molecular flexibility index (Phi) is 4.14. The number of aliphatic hydroxyl groups is 1. The molecule has 2 rings (SSSR count). The molecule has 1 saturated carbocycles. The lowest BCUT2D eigenvalue weighted by molar-refractivity contribution is -0.180. The highest BCUT2D eigenvalue weighted by Gasteiger charge is 2.53. The molecule has 19 heavy (non-hydrogen) atoms. The molecule has 0 aromatic carbocycles. The molecule has 0 radical (unpaired) electrons. The number of carbonyl (C=O) groups excluding carboxylic acids is 1. The van der Waals surface area contributed by atoms with Gasteiger partial charge in [-0.05, 0) is 39.2 Å². The molecular formula is C14H22N2O3. The van der Waals surface area contributed by atoms with Gasteiger partial charge in [0.15, 0.2) is 0 Å². The summed E-state index contributed by atoms with van der Waals surface area (Å²) in [7, 11) is 2.02. The summed E-state index contributed by atoms with van der Waals surface area (Å²) < 4.78 is 5.71. The molecule has 1 unspecified atom stereocenters. The lowest BCUT2D eigenvalue weighted by atomic mass is 9.72. The van der Waals surface area contributed by atoms with Gasteiger partial charge in [-0.15, -0.1) is 0 Å². The van der Waals surface area contributed by atoms with E-state index in [4.69, 9.17) is 4.74 Å². The number of likely N-dealkylation sites (N-methyl/N-ethyl adjacent to an activating group) is 1. The fourth-order valence-corrected chi connectivity index (χ4v) is 2.97. The predicted molar refractivity (Wildman–Crippen MR) is 71.4 cm³/mol. The maximum absolute atomic E-state index is 11.5. The Balaban J connectivity index is 2.07. The summed E-state index contributed by atoms with van der Waals surface area (Å²) in [5, 5.41) is 12.6. The first-order valence-corrected chi connectivity index (χ1v) is 6.72. The van der Waals surface area contributed by atoms with Crippen molar-refractivity contribution in [2.75, 3.05) is 33.4 Å². The number of carbonyl (C=O) groups is 1. The molecule has 106 valence electrons. The van der Waals surface area contributed by atoms with E-state index >= 15 is 0 Å². The molecule has 1 saturated heterocycles. The third-order valence-corrected chi connectivity index (χ3v) is 4.56. The number of hydrogen-bond acceptors (Lipinski definition) is 4. The van der Waals surface area contributed by atoms with Crippen LogP contribution in [0.1, 0.15) is 26.2 Å². The van der Waals surface area contributed by atoms with E-state index in [0.717, 1.165) is 12.8 Å². The maximum atomic E-state index is 11.5. The van der Waals surface area contributed by atoms with Crippen molar-refractivity contribution in [1.29, 1.82) is 0 Å². The average Bonchev–Trinajstić information content (AvgIpc) is 2.36. The first-order valence-electron chi connectivity index (χ1n) is 6.72. The van der Waals surface area contributed by atoms with Crippen LogP contribution in [0.25, 0.3) is 0 Å². The summed E-state index contributed by atoms with van der Waals surface area (Å²) in [6.45, 7) is 3.09. The highest BCUT2D eigenvalue weighted by Crippen LogP contribution is 2.43. The zero-order valence-corrected chi connectivity index (χ0v) is 11.7. The van der Waals surface area contributed by atoms with Crippen molar-refractivity contribution in [2.45, 2.75) is 37.3 Å². The molecule has 0 aromatic rings. The predicted octanol–water partition coefficient (Wildman–Crippen LogP) is -0.258. The second-order valence-electron chi connectivity index (χ2n) is 5.57. The number of nitrogens with one attached hydrogen (secondary N) is 1. The monoisotopic (exact) mass is 266 g/mol. The SMILES string of the molecule is CC#CC(=O)NCC1(CO)COCC2(CCC2)N1C. The lowest BCUT2D eigenvalue weighted by Gasteiger charge is -2.59. The van der Waals surface area contributed by atoms with Crippen LogP contribution in [0.2, 0.25) is 0 Å². The van der Waals surface area contributed by atoms with Gasteiger partial charge in [0.25, 0.3) is 5.91 Å². The summed E-state index contributed by atoms with van der Waals surface area (Å²) in [6, 6.07) is 0. The highest BCUT2D eigenvalue weighted by molar-refractivity contribution is 5.93. The average molecular weight is 266 g/mol. The van der Waals surface area contributed by atoms with Gasteiger partial charge in [0.05, 0.1) is 25.4 Å². The van der Waals surface area contributed by atoms with Gasteiger partial charge >= 0.3 is 0 Å².